The number of anilines is 1. The Morgan fingerprint density at radius 2 is 1.55 bits per heavy atom. The number of nitrogens with one attached hydrogen (secondary N) is 1. The number of aryl methyl sites for hydroxylation is 1. The van der Waals surface area contributed by atoms with Crippen LogP contribution in [0.1, 0.15) is 43.4 Å². The minimum atomic E-state index is -3.59. The van der Waals surface area contributed by atoms with Gasteiger partial charge in [-0.2, -0.15) is 0 Å². The van der Waals surface area contributed by atoms with Gasteiger partial charge in [0.2, 0.25) is 21.8 Å². The fourth-order valence-corrected chi connectivity index (χ4v) is 5.52. The molecule has 0 fully saturated rings. The van der Waals surface area contributed by atoms with E-state index in [-0.39, 0.29) is 44.2 Å². The van der Waals surface area contributed by atoms with Gasteiger partial charge in [-0.15, -0.1) is 0 Å². The number of halogens is 1. The zero-order valence-corrected chi connectivity index (χ0v) is 24.2. The van der Waals surface area contributed by atoms with E-state index >= 15 is 0 Å². The summed E-state index contributed by atoms with van der Waals surface area (Å²) < 4.78 is 41.1. The van der Waals surface area contributed by atoms with Crippen LogP contribution in [0.4, 0.5) is 10.1 Å². The lowest BCUT2D eigenvalue weighted by atomic mass is 10.0. The smallest absolute Gasteiger partial charge is 0.243 e. The zero-order chi connectivity index (χ0) is 29.1. The van der Waals surface area contributed by atoms with Gasteiger partial charge in [0.15, 0.2) is 0 Å². The SMILES string of the molecule is CCNC(=O)C(Cc1ccccc1)N(Cc1ccccc1F)C(=O)CCCN(c1ccc(CC)cc1)S(C)(=O)=O. The second-order valence-electron chi connectivity index (χ2n) is 9.67. The largest absolute Gasteiger partial charge is 0.355 e. The average molecular weight is 568 g/mol. The second kappa shape index (κ2) is 14.6. The number of carbonyl (C=O) groups is 2. The van der Waals surface area contributed by atoms with Gasteiger partial charge in [-0.1, -0.05) is 67.6 Å². The molecule has 1 N–H and O–H groups in total. The standard InChI is InChI=1S/C31H38FN3O4S/c1-4-24-17-19-27(20-18-24)35(40(3,38)39)21-11-16-30(36)34(23-26-14-9-10-15-28(26)32)29(31(37)33-5-2)22-25-12-7-6-8-13-25/h6-10,12-15,17-20,29H,4-5,11,16,21-23H2,1-3H3,(H,33,37). The van der Waals surface area contributed by atoms with E-state index in [0.717, 1.165) is 23.8 Å². The molecule has 0 aliphatic heterocycles. The number of rotatable bonds is 14. The van der Waals surface area contributed by atoms with E-state index in [1.54, 1.807) is 37.3 Å². The number of sulfonamides is 1. The van der Waals surface area contributed by atoms with Gasteiger partial charge in [-0.05, 0) is 49.1 Å². The summed E-state index contributed by atoms with van der Waals surface area (Å²) >= 11 is 0. The first-order chi connectivity index (χ1) is 19.1. The molecular weight excluding hydrogens is 529 g/mol. The molecule has 0 saturated heterocycles. The first-order valence-corrected chi connectivity index (χ1v) is 15.4. The van der Waals surface area contributed by atoms with E-state index in [1.165, 1.54) is 15.3 Å². The quantitative estimate of drug-likeness (QED) is 0.306. The first-order valence-electron chi connectivity index (χ1n) is 13.5. The van der Waals surface area contributed by atoms with E-state index in [4.69, 9.17) is 0 Å². The van der Waals surface area contributed by atoms with Crippen LogP contribution in [-0.4, -0.2) is 50.5 Å². The van der Waals surface area contributed by atoms with E-state index in [2.05, 4.69) is 5.32 Å². The molecule has 40 heavy (non-hydrogen) atoms. The van der Waals surface area contributed by atoms with Crippen molar-refractivity contribution in [2.75, 3.05) is 23.7 Å². The number of amides is 2. The van der Waals surface area contributed by atoms with Crippen molar-refractivity contribution in [3.8, 4) is 0 Å². The Bertz CT molecular complexity index is 1360. The zero-order valence-electron chi connectivity index (χ0n) is 23.3. The second-order valence-corrected chi connectivity index (χ2v) is 11.6. The molecule has 0 aliphatic rings. The topological polar surface area (TPSA) is 86.8 Å². The predicted octanol–water partition coefficient (Wildman–Crippen LogP) is 4.71. The van der Waals surface area contributed by atoms with Crippen molar-refractivity contribution in [1.82, 2.24) is 10.2 Å². The lowest BCUT2D eigenvalue weighted by molar-refractivity contribution is -0.141. The highest BCUT2D eigenvalue weighted by atomic mass is 32.2. The summed E-state index contributed by atoms with van der Waals surface area (Å²) in [5, 5.41) is 2.81. The summed E-state index contributed by atoms with van der Waals surface area (Å²) in [5.41, 5.74) is 2.78. The van der Waals surface area contributed by atoms with Gasteiger partial charge in [0, 0.05) is 38.0 Å². The molecule has 0 saturated carbocycles. The van der Waals surface area contributed by atoms with Gasteiger partial charge >= 0.3 is 0 Å². The van der Waals surface area contributed by atoms with E-state index in [1.807, 2.05) is 49.4 Å². The number of benzene rings is 3. The molecule has 214 valence electrons. The number of hydrogen-bond acceptors (Lipinski definition) is 4. The van der Waals surface area contributed by atoms with Gasteiger partial charge in [-0.25, -0.2) is 12.8 Å². The van der Waals surface area contributed by atoms with Crippen LogP contribution in [0.5, 0.6) is 0 Å². The average Bonchev–Trinajstić information content (AvgIpc) is 2.94. The maximum atomic E-state index is 14.7. The number of likely N-dealkylation sites (N-methyl/N-ethyl adjacent to an activating group) is 1. The molecule has 1 atom stereocenters. The van der Waals surface area contributed by atoms with Gasteiger partial charge in [0.25, 0.3) is 0 Å². The number of nitrogens with zero attached hydrogens (tertiary/aromatic N) is 2. The molecule has 3 rings (SSSR count). The molecule has 3 aromatic carbocycles. The van der Waals surface area contributed by atoms with Crippen LogP contribution in [0.25, 0.3) is 0 Å². The number of hydrogen-bond donors (Lipinski definition) is 1. The molecule has 0 bridgehead atoms. The van der Waals surface area contributed by atoms with Gasteiger partial charge in [0.05, 0.1) is 11.9 Å². The normalized spacial score (nSPS) is 12.0. The Balaban J connectivity index is 1.86. The van der Waals surface area contributed by atoms with Crippen LogP contribution >= 0.6 is 0 Å². The molecule has 0 aromatic heterocycles. The maximum Gasteiger partial charge on any atom is 0.243 e. The molecular formula is C31H38FN3O4S. The summed E-state index contributed by atoms with van der Waals surface area (Å²) in [6.45, 7) is 4.20. The molecule has 0 heterocycles. The minimum Gasteiger partial charge on any atom is -0.355 e. The summed E-state index contributed by atoms with van der Waals surface area (Å²) in [6.07, 6.45) is 2.44. The van der Waals surface area contributed by atoms with Crippen LogP contribution in [0.3, 0.4) is 0 Å². The van der Waals surface area contributed by atoms with E-state index in [9.17, 15) is 22.4 Å². The summed E-state index contributed by atoms with van der Waals surface area (Å²) in [7, 11) is -3.59. The summed E-state index contributed by atoms with van der Waals surface area (Å²) in [6, 6.07) is 22.0. The first kappa shape index (κ1) is 30.8. The van der Waals surface area contributed by atoms with Crippen molar-refractivity contribution in [3.05, 3.63) is 101 Å². The summed E-state index contributed by atoms with van der Waals surface area (Å²) in [4.78, 5) is 28.4. The Kier molecular flexibility index (Phi) is 11.3. The third-order valence-corrected chi connectivity index (χ3v) is 7.90. The Morgan fingerprint density at radius 1 is 0.900 bits per heavy atom. The molecule has 9 heteroatoms. The highest BCUT2D eigenvalue weighted by Gasteiger charge is 2.30. The van der Waals surface area contributed by atoms with Crippen LogP contribution in [0, 0.1) is 5.82 Å². The summed E-state index contributed by atoms with van der Waals surface area (Å²) in [5.74, 6) is -1.15. The van der Waals surface area contributed by atoms with Gasteiger partial charge in [-0.3, -0.25) is 13.9 Å². The molecule has 0 radical (unpaired) electrons. The van der Waals surface area contributed by atoms with Crippen molar-refractivity contribution in [1.29, 1.82) is 0 Å². The van der Waals surface area contributed by atoms with Crippen molar-refractivity contribution < 1.29 is 22.4 Å². The third kappa shape index (κ3) is 8.64. The maximum absolute atomic E-state index is 14.7. The molecule has 2 amide bonds. The molecule has 7 nitrogen and oxygen atoms in total. The van der Waals surface area contributed by atoms with Gasteiger partial charge in [0.1, 0.15) is 11.9 Å². The highest BCUT2D eigenvalue weighted by molar-refractivity contribution is 7.92. The Labute approximate surface area is 237 Å². The lowest BCUT2D eigenvalue weighted by Crippen LogP contribution is -2.50. The third-order valence-electron chi connectivity index (χ3n) is 6.71. The Hall–Kier alpha value is -3.72. The molecule has 3 aromatic rings. The minimum absolute atomic E-state index is 0.0157. The van der Waals surface area contributed by atoms with Crippen LogP contribution in [0.2, 0.25) is 0 Å². The van der Waals surface area contributed by atoms with Gasteiger partial charge < -0.3 is 10.2 Å². The van der Waals surface area contributed by atoms with Crippen LogP contribution < -0.4 is 9.62 Å². The molecule has 0 spiro atoms. The number of carbonyl (C=O) groups excluding carboxylic acids is 2. The fourth-order valence-electron chi connectivity index (χ4n) is 4.56. The fraction of sp³-hybridized carbons (Fsp3) is 0.355. The van der Waals surface area contributed by atoms with Crippen LogP contribution in [-0.2, 0) is 39.0 Å². The molecule has 1 unspecified atom stereocenters. The highest BCUT2D eigenvalue weighted by Crippen LogP contribution is 2.21. The van der Waals surface area contributed by atoms with Crippen molar-refractivity contribution in [2.24, 2.45) is 0 Å². The van der Waals surface area contributed by atoms with E-state index < -0.39 is 21.9 Å². The van der Waals surface area contributed by atoms with Crippen molar-refractivity contribution in [3.63, 3.8) is 0 Å². The molecule has 0 aliphatic carbocycles. The van der Waals surface area contributed by atoms with E-state index in [0.29, 0.717) is 17.8 Å². The Morgan fingerprint density at radius 3 is 2.15 bits per heavy atom. The monoisotopic (exact) mass is 567 g/mol. The van der Waals surface area contributed by atoms with Crippen molar-refractivity contribution in [2.45, 2.75) is 52.1 Å². The predicted molar refractivity (Wildman–Crippen MR) is 157 cm³/mol. The lowest BCUT2D eigenvalue weighted by Gasteiger charge is -2.32. The van der Waals surface area contributed by atoms with Crippen molar-refractivity contribution >= 4 is 27.5 Å². The van der Waals surface area contributed by atoms with Crippen LogP contribution in [0.15, 0.2) is 78.9 Å².